The van der Waals surface area contributed by atoms with E-state index in [1.54, 1.807) is 4.90 Å². The third kappa shape index (κ3) is 2.13. The Labute approximate surface area is 91.4 Å². The van der Waals surface area contributed by atoms with Crippen molar-refractivity contribution in [1.29, 1.82) is 0 Å². The van der Waals surface area contributed by atoms with Crippen molar-refractivity contribution in [2.45, 2.75) is 12.8 Å². The van der Waals surface area contributed by atoms with E-state index in [0.717, 1.165) is 25.9 Å². The molecule has 3 N–H and O–H groups in total. The average molecular weight is 224 g/mol. The van der Waals surface area contributed by atoms with E-state index in [1.807, 2.05) is 0 Å². The standard InChI is InChI=1S/C9H12N4O3/c14-8(15)6-5-7(12-11-6)10-9(16)13-3-1-2-4-13/h5H,1-4H2,(H,14,15)(H2,10,11,12,16). The van der Waals surface area contributed by atoms with Gasteiger partial charge in [0.05, 0.1) is 0 Å². The third-order valence-electron chi connectivity index (χ3n) is 2.44. The molecular weight excluding hydrogens is 212 g/mol. The highest BCUT2D eigenvalue weighted by Gasteiger charge is 2.19. The van der Waals surface area contributed by atoms with Gasteiger partial charge in [-0.15, -0.1) is 0 Å². The van der Waals surface area contributed by atoms with Gasteiger partial charge in [-0.3, -0.25) is 10.4 Å². The van der Waals surface area contributed by atoms with E-state index in [4.69, 9.17) is 5.11 Å². The van der Waals surface area contributed by atoms with Gasteiger partial charge in [0.2, 0.25) is 0 Å². The van der Waals surface area contributed by atoms with Crippen molar-refractivity contribution in [2.75, 3.05) is 18.4 Å². The summed E-state index contributed by atoms with van der Waals surface area (Å²) in [6, 6.07) is 1.05. The molecular formula is C9H12N4O3. The van der Waals surface area contributed by atoms with E-state index < -0.39 is 5.97 Å². The second-order valence-electron chi connectivity index (χ2n) is 3.60. The van der Waals surface area contributed by atoms with Crippen molar-refractivity contribution in [1.82, 2.24) is 15.1 Å². The van der Waals surface area contributed by atoms with Crippen LogP contribution < -0.4 is 5.32 Å². The number of aromatic carboxylic acids is 1. The summed E-state index contributed by atoms with van der Waals surface area (Å²) in [4.78, 5) is 23.8. The molecule has 1 aromatic heterocycles. The first-order chi connectivity index (χ1) is 7.66. The van der Waals surface area contributed by atoms with Crippen LogP contribution in [0, 0.1) is 0 Å². The number of hydrogen-bond donors (Lipinski definition) is 3. The zero-order valence-electron chi connectivity index (χ0n) is 8.56. The minimum Gasteiger partial charge on any atom is -0.477 e. The van der Waals surface area contributed by atoms with Crippen molar-refractivity contribution in [2.24, 2.45) is 0 Å². The molecule has 7 nitrogen and oxygen atoms in total. The molecule has 2 rings (SSSR count). The van der Waals surface area contributed by atoms with E-state index in [1.165, 1.54) is 6.07 Å². The highest BCUT2D eigenvalue weighted by molar-refractivity contribution is 5.91. The molecule has 1 fully saturated rings. The number of nitrogens with one attached hydrogen (secondary N) is 2. The van der Waals surface area contributed by atoms with Gasteiger partial charge in [-0.05, 0) is 12.8 Å². The molecule has 16 heavy (non-hydrogen) atoms. The molecule has 1 aliphatic rings. The van der Waals surface area contributed by atoms with Crippen LogP contribution in [0.15, 0.2) is 6.07 Å². The number of urea groups is 1. The van der Waals surface area contributed by atoms with Crippen molar-refractivity contribution < 1.29 is 14.7 Å². The topological polar surface area (TPSA) is 98.3 Å². The molecule has 2 amide bonds. The number of carboxylic acid groups (broad SMARTS) is 1. The van der Waals surface area contributed by atoms with Gasteiger partial charge in [0.25, 0.3) is 0 Å². The highest BCUT2D eigenvalue weighted by Crippen LogP contribution is 2.11. The lowest BCUT2D eigenvalue weighted by Gasteiger charge is -2.14. The van der Waals surface area contributed by atoms with Gasteiger partial charge in [0.15, 0.2) is 5.82 Å². The number of aromatic amines is 1. The maximum atomic E-state index is 11.6. The highest BCUT2D eigenvalue weighted by atomic mass is 16.4. The molecule has 0 unspecified atom stereocenters. The number of nitrogens with zero attached hydrogens (tertiary/aromatic N) is 2. The Balaban J connectivity index is 1.97. The predicted octanol–water partition coefficient (Wildman–Crippen LogP) is 0.736. The molecule has 0 atom stereocenters. The molecule has 1 aliphatic heterocycles. The first-order valence-electron chi connectivity index (χ1n) is 5.01. The normalized spacial score (nSPS) is 15.1. The summed E-state index contributed by atoms with van der Waals surface area (Å²) in [6.45, 7) is 1.48. The second-order valence-corrected chi connectivity index (χ2v) is 3.60. The van der Waals surface area contributed by atoms with E-state index in [-0.39, 0.29) is 17.5 Å². The van der Waals surface area contributed by atoms with Gasteiger partial charge < -0.3 is 10.0 Å². The number of carboxylic acids is 1. The minimum absolute atomic E-state index is 0.0447. The number of H-pyrrole nitrogens is 1. The Morgan fingerprint density at radius 2 is 2.12 bits per heavy atom. The van der Waals surface area contributed by atoms with Crippen molar-refractivity contribution in [3.8, 4) is 0 Å². The molecule has 2 heterocycles. The Hall–Kier alpha value is -2.05. The molecule has 0 aliphatic carbocycles. The smallest absolute Gasteiger partial charge is 0.353 e. The lowest BCUT2D eigenvalue weighted by atomic mass is 10.4. The number of likely N-dealkylation sites (tertiary alicyclic amines) is 1. The summed E-state index contributed by atoms with van der Waals surface area (Å²) in [7, 11) is 0. The van der Waals surface area contributed by atoms with E-state index >= 15 is 0 Å². The molecule has 1 saturated heterocycles. The summed E-state index contributed by atoms with van der Waals surface area (Å²) < 4.78 is 0. The van der Waals surface area contributed by atoms with Crippen LogP contribution in [0.2, 0.25) is 0 Å². The third-order valence-corrected chi connectivity index (χ3v) is 2.44. The quantitative estimate of drug-likeness (QED) is 0.689. The fourth-order valence-electron chi connectivity index (χ4n) is 1.60. The average Bonchev–Trinajstić information content (AvgIpc) is 2.87. The van der Waals surface area contributed by atoms with Gasteiger partial charge >= 0.3 is 12.0 Å². The summed E-state index contributed by atoms with van der Waals surface area (Å²) >= 11 is 0. The fourth-order valence-corrected chi connectivity index (χ4v) is 1.60. The predicted molar refractivity (Wildman–Crippen MR) is 55.4 cm³/mol. The molecule has 0 saturated carbocycles. The Morgan fingerprint density at radius 3 is 2.69 bits per heavy atom. The van der Waals surface area contributed by atoms with Gasteiger partial charge in [0.1, 0.15) is 5.69 Å². The van der Waals surface area contributed by atoms with Crippen LogP contribution in [0.5, 0.6) is 0 Å². The maximum Gasteiger partial charge on any atom is 0.353 e. The Kier molecular flexibility index (Phi) is 2.76. The van der Waals surface area contributed by atoms with Crippen molar-refractivity contribution >= 4 is 17.8 Å². The summed E-state index contributed by atoms with van der Waals surface area (Å²) in [5, 5.41) is 17.2. The molecule has 0 radical (unpaired) electrons. The summed E-state index contributed by atoms with van der Waals surface area (Å²) in [5.74, 6) is -0.872. The lowest BCUT2D eigenvalue weighted by molar-refractivity contribution is 0.0690. The fraction of sp³-hybridized carbons (Fsp3) is 0.444. The second kappa shape index (κ2) is 4.21. The summed E-state index contributed by atoms with van der Waals surface area (Å²) in [5.41, 5.74) is -0.0447. The summed E-state index contributed by atoms with van der Waals surface area (Å²) in [6.07, 6.45) is 2.02. The van der Waals surface area contributed by atoms with E-state index in [2.05, 4.69) is 15.5 Å². The Bertz CT molecular complexity index is 409. The van der Waals surface area contributed by atoms with Crippen LogP contribution >= 0.6 is 0 Å². The van der Waals surface area contributed by atoms with Crippen LogP contribution in [0.25, 0.3) is 0 Å². The monoisotopic (exact) mass is 224 g/mol. The van der Waals surface area contributed by atoms with E-state index in [9.17, 15) is 9.59 Å². The van der Waals surface area contributed by atoms with Crippen LogP contribution in [0.4, 0.5) is 10.6 Å². The van der Waals surface area contributed by atoms with Crippen LogP contribution in [-0.4, -0.2) is 45.3 Å². The molecule has 7 heteroatoms. The SMILES string of the molecule is O=C(O)c1cc(NC(=O)N2CCCC2)n[nH]1. The van der Waals surface area contributed by atoms with Crippen LogP contribution in [0.1, 0.15) is 23.3 Å². The van der Waals surface area contributed by atoms with Crippen LogP contribution in [0.3, 0.4) is 0 Å². The molecule has 0 aromatic carbocycles. The van der Waals surface area contributed by atoms with Gasteiger partial charge in [-0.1, -0.05) is 0 Å². The number of rotatable bonds is 2. The van der Waals surface area contributed by atoms with Gasteiger partial charge in [-0.2, -0.15) is 5.10 Å². The largest absolute Gasteiger partial charge is 0.477 e. The zero-order chi connectivity index (χ0) is 11.5. The molecule has 0 spiro atoms. The first kappa shape index (κ1) is 10.5. The number of carbonyl (C=O) groups excluding carboxylic acids is 1. The number of aromatic nitrogens is 2. The van der Waals surface area contributed by atoms with Crippen molar-refractivity contribution in [3.05, 3.63) is 11.8 Å². The first-order valence-corrected chi connectivity index (χ1v) is 5.01. The van der Waals surface area contributed by atoms with Gasteiger partial charge in [-0.25, -0.2) is 9.59 Å². The molecule has 86 valence electrons. The Morgan fingerprint density at radius 1 is 1.44 bits per heavy atom. The minimum atomic E-state index is -1.10. The van der Waals surface area contributed by atoms with E-state index in [0.29, 0.717) is 0 Å². The number of hydrogen-bond acceptors (Lipinski definition) is 3. The molecule has 0 bridgehead atoms. The van der Waals surface area contributed by atoms with Gasteiger partial charge in [0, 0.05) is 19.2 Å². The lowest BCUT2D eigenvalue weighted by Crippen LogP contribution is -2.32. The maximum absolute atomic E-state index is 11.6. The number of amides is 2. The number of carbonyl (C=O) groups is 2. The number of anilines is 1. The van der Waals surface area contributed by atoms with Crippen molar-refractivity contribution in [3.63, 3.8) is 0 Å². The zero-order valence-corrected chi connectivity index (χ0v) is 8.56. The van der Waals surface area contributed by atoms with Crippen LogP contribution in [-0.2, 0) is 0 Å². The molecule has 1 aromatic rings.